The standard InChI is InChI=1S/C8H14N2OS.ClH/c12-8-9-2-1-3-10-4-6-11-7-5-10;/h1-7H2;1H/p-1. The van der Waals surface area contributed by atoms with E-state index in [1.807, 2.05) is 0 Å². The molecular weight excluding hydrogens is 208 g/mol. The van der Waals surface area contributed by atoms with Crippen LogP contribution in [0.1, 0.15) is 6.42 Å². The fourth-order valence-electron chi connectivity index (χ4n) is 1.24. The van der Waals surface area contributed by atoms with Crippen LogP contribution in [0.2, 0.25) is 0 Å². The summed E-state index contributed by atoms with van der Waals surface area (Å²) >= 11 is 4.47. The van der Waals surface area contributed by atoms with Gasteiger partial charge in [-0.15, -0.1) is 0 Å². The van der Waals surface area contributed by atoms with Crippen LogP contribution in [0.5, 0.6) is 0 Å². The van der Waals surface area contributed by atoms with E-state index in [0.29, 0.717) is 0 Å². The zero-order chi connectivity index (χ0) is 8.65. The molecule has 1 saturated heterocycles. The van der Waals surface area contributed by atoms with Gasteiger partial charge < -0.3 is 17.1 Å². The van der Waals surface area contributed by atoms with Crippen molar-refractivity contribution < 1.29 is 17.1 Å². The summed E-state index contributed by atoms with van der Waals surface area (Å²) in [5.74, 6) is 0. The van der Waals surface area contributed by atoms with E-state index in [1.165, 1.54) is 0 Å². The minimum Gasteiger partial charge on any atom is -1.00 e. The number of halogens is 1. The number of hydrogen-bond acceptors (Lipinski definition) is 4. The molecule has 0 bridgehead atoms. The van der Waals surface area contributed by atoms with Crippen molar-refractivity contribution in [1.82, 2.24) is 4.90 Å². The molecule has 0 unspecified atom stereocenters. The third-order valence-corrected chi connectivity index (χ3v) is 2.04. The second-order valence-corrected chi connectivity index (χ2v) is 2.96. The summed E-state index contributed by atoms with van der Waals surface area (Å²) < 4.78 is 5.23. The first-order valence-corrected chi connectivity index (χ1v) is 4.68. The summed E-state index contributed by atoms with van der Waals surface area (Å²) in [6.07, 6.45) is 1.07. The van der Waals surface area contributed by atoms with Crippen LogP contribution in [0, 0.1) is 0 Å². The predicted octanol–water partition coefficient (Wildman–Crippen LogP) is -2.18. The Morgan fingerprint density at radius 3 is 2.69 bits per heavy atom. The molecule has 0 amide bonds. The number of ether oxygens (including phenoxy) is 1. The van der Waals surface area contributed by atoms with E-state index in [-0.39, 0.29) is 12.4 Å². The maximum atomic E-state index is 5.23. The molecule has 13 heavy (non-hydrogen) atoms. The zero-order valence-electron chi connectivity index (χ0n) is 7.54. The average Bonchev–Trinajstić information content (AvgIpc) is 2.14. The van der Waals surface area contributed by atoms with Crippen molar-refractivity contribution in [2.45, 2.75) is 6.42 Å². The van der Waals surface area contributed by atoms with Crippen molar-refractivity contribution in [3.63, 3.8) is 0 Å². The number of rotatable bonds is 4. The lowest BCUT2D eigenvalue weighted by atomic mass is 10.3. The molecule has 0 aromatic rings. The molecule has 1 aliphatic rings. The van der Waals surface area contributed by atoms with Crippen molar-refractivity contribution in [2.75, 3.05) is 39.4 Å². The molecule has 3 nitrogen and oxygen atoms in total. The summed E-state index contributed by atoms with van der Waals surface area (Å²) in [5, 5.41) is 2.37. The Labute approximate surface area is 90.6 Å². The van der Waals surface area contributed by atoms with E-state index in [9.17, 15) is 0 Å². The van der Waals surface area contributed by atoms with Crippen molar-refractivity contribution in [3.8, 4) is 0 Å². The second kappa shape index (κ2) is 8.60. The average molecular weight is 222 g/mol. The van der Waals surface area contributed by atoms with E-state index >= 15 is 0 Å². The lowest BCUT2D eigenvalue weighted by Gasteiger charge is -2.25. The fraction of sp³-hybridized carbons (Fsp3) is 0.875. The maximum Gasteiger partial charge on any atom is 0.0594 e. The minimum atomic E-state index is 0. The largest absolute Gasteiger partial charge is 1.00 e. The molecule has 0 aromatic carbocycles. The quantitative estimate of drug-likeness (QED) is 0.307. The highest BCUT2D eigenvalue weighted by Gasteiger charge is 2.08. The Kier molecular flexibility index (Phi) is 8.61. The van der Waals surface area contributed by atoms with Gasteiger partial charge in [0.05, 0.1) is 24.9 Å². The molecular formula is C8H14ClN2OS-. The summed E-state index contributed by atoms with van der Waals surface area (Å²) in [4.78, 5) is 6.25. The number of morpholine rings is 1. The molecule has 76 valence electrons. The first-order valence-electron chi connectivity index (χ1n) is 4.27. The van der Waals surface area contributed by atoms with Gasteiger partial charge in [-0.3, -0.25) is 4.90 Å². The Balaban J connectivity index is 0.00000144. The zero-order valence-corrected chi connectivity index (χ0v) is 9.11. The Morgan fingerprint density at radius 2 is 2.08 bits per heavy atom. The SMILES string of the molecule is S=C=NCCCN1CCOCC1.[Cl-]. The molecule has 1 aliphatic heterocycles. The number of thiocarbonyl (C=S) groups is 1. The minimum absolute atomic E-state index is 0. The number of isothiocyanates is 1. The van der Waals surface area contributed by atoms with Gasteiger partial charge in [0.15, 0.2) is 0 Å². The van der Waals surface area contributed by atoms with Gasteiger partial charge >= 0.3 is 0 Å². The smallest absolute Gasteiger partial charge is 0.0594 e. The van der Waals surface area contributed by atoms with Gasteiger partial charge in [-0.05, 0) is 18.6 Å². The summed E-state index contributed by atoms with van der Waals surface area (Å²) in [7, 11) is 0. The number of aliphatic imine (C=N–C) groups is 1. The van der Waals surface area contributed by atoms with Crippen LogP contribution in [0.3, 0.4) is 0 Å². The molecule has 1 fully saturated rings. The van der Waals surface area contributed by atoms with E-state index < -0.39 is 0 Å². The third kappa shape index (κ3) is 6.13. The summed E-state index contributed by atoms with van der Waals surface area (Å²) in [5.41, 5.74) is 0. The second-order valence-electron chi connectivity index (χ2n) is 2.78. The number of hydrogen-bond donors (Lipinski definition) is 0. The van der Waals surface area contributed by atoms with Gasteiger partial charge in [0.25, 0.3) is 0 Å². The van der Waals surface area contributed by atoms with Gasteiger partial charge in [0.2, 0.25) is 0 Å². The topological polar surface area (TPSA) is 24.8 Å². The molecule has 0 spiro atoms. The molecule has 1 rings (SSSR count). The summed E-state index contributed by atoms with van der Waals surface area (Å²) in [6, 6.07) is 0. The monoisotopic (exact) mass is 221 g/mol. The van der Waals surface area contributed by atoms with Crippen LogP contribution in [0.15, 0.2) is 4.99 Å². The van der Waals surface area contributed by atoms with Crippen LogP contribution >= 0.6 is 12.2 Å². The Hall–Kier alpha value is 0.01000. The van der Waals surface area contributed by atoms with Gasteiger partial charge in [-0.1, -0.05) is 0 Å². The van der Waals surface area contributed by atoms with Crippen molar-refractivity contribution in [1.29, 1.82) is 0 Å². The van der Waals surface area contributed by atoms with Gasteiger partial charge in [-0.2, -0.15) is 0 Å². The third-order valence-electron chi connectivity index (χ3n) is 1.91. The van der Waals surface area contributed by atoms with Crippen LogP contribution in [-0.4, -0.2) is 49.5 Å². The molecule has 0 N–H and O–H groups in total. The van der Waals surface area contributed by atoms with Crippen molar-refractivity contribution in [3.05, 3.63) is 0 Å². The molecule has 0 atom stereocenters. The van der Waals surface area contributed by atoms with Gasteiger partial charge in [0.1, 0.15) is 0 Å². The van der Waals surface area contributed by atoms with Gasteiger partial charge in [0, 0.05) is 19.6 Å². The van der Waals surface area contributed by atoms with E-state index in [2.05, 4.69) is 27.3 Å². The molecule has 0 aromatic heterocycles. The van der Waals surface area contributed by atoms with E-state index in [1.54, 1.807) is 0 Å². The lowest BCUT2D eigenvalue weighted by Crippen LogP contribution is -3.00. The molecule has 0 radical (unpaired) electrons. The molecule has 0 aliphatic carbocycles. The van der Waals surface area contributed by atoms with Crippen molar-refractivity contribution >= 4 is 17.4 Å². The highest BCUT2D eigenvalue weighted by Crippen LogP contribution is 1.97. The van der Waals surface area contributed by atoms with Crippen LogP contribution in [-0.2, 0) is 4.74 Å². The lowest BCUT2D eigenvalue weighted by molar-refractivity contribution is -0.00000394. The van der Waals surface area contributed by atoms with Crippen molar-refractivity contribution in [2.24, 2.45) is 4.99 Å². The van der Waals surface area contributed by atoms with E-state index in [4.69, 9.17) is 4.74 Å². The van der Waals surface area contributed by atoms with E-state index in [0.717, 1.165) is 45.8 Å². The normalized spacial score (nSPS) is 17.2. The van der Waals surface area contributed by atoms with Gasteiger partial charge in [-0.25, -0.2) is 4.99 Å². The van der Waals surface area contributed by atoms with Crippen LogP contribution in [0.4, 0.5) is 0 Å². The summed E-state index contributed by atoms with van der Waals surface area (Å²) in [6.45, 7) is 5.76. The molecule has 5 heteroatoms. The maximum absolute atomic E-state index is 5.23. The van der Waals surface area contributed by atoms with Crippen LogP contribution < -0.4 is 12.4 Å². The first-order chi connectivity index (χ1) is 5.93. The Bertz CT molecular complexity index is 168. The number of nitrogens with zero attached hydrogens (tertiary/aromatic N) is 2. The highest BCUT2D eigenvalue weighted by molar-refractivity contribution is 7.78. The predicted molar refractivity (Wildman–Crippen MR) is 51.8 cm³/mol. The fourth-order valence-corrected chi connectivity index (χ4v) is 1.34. The van der Waals surface area contributed by atoms with Crippen LogP contribution in [0.25, 0.3) is 0 Å². The molecule has 0 saturated carbocycles. The Morgan fingerprint density at radius 1 is 1.38 bits per heavy atom. The first kappa shape index (κ1) is 13.0. The highest BCUT2D eigenvalue weighted by atomic mass is 35.5. The molecule has 1 heterocycles.